The van der Waals surface area contributed by atoms with Crippen molar-refractivity contribution in [1.29, 1.82) is 0 Å². The normalized spacial score (nSPS) is 11.9. The lowest BCUT2D eigenvalue weighted by molar-refractivity contribution is -0.141. The molecule has 0 aromatic heterocycles. The van der Waals surface area contributed by atoms with E-state index in [1.54, 1.807) is 0 Å². The van der Waals surface area contributed by atoms with Crippen LogP contribution in [0.2, 0.25) is 0 Å². The van der Waals surface area contributed by atoms with Crippen molar-refractivity contribution in [2.24, 2.45) is 0 Å². The highest BCUT2D eigenvalue weighted by Crippen LogP contribution is 2.15. The Morgan fingerprint density at radius 1 is 0.500 bits per heavy atom. The third kappa shape index (κ3) is 27.6. The van der Waals surface area contributed by atoms with Crippen LogP contribution in [0.3, 0.4) is 0 Å². The van der Waals surface area contributed by atoms with Crippen molar-refractivity contribution in [1.82, 2.24) is 5.32 Å². The molecule has 224 valence electrons. The molecule has 5 heteroatoms. The molecule has 0 radical (unpaired) electrons. The highest BCUT2D eigenvalue weighted by atomic mass is 16.4. The van der Waals surface area contributed by atoms with Gasteiger partial charge in [-0.2, -0.15) is 0 Å². The number of aliphatic carboxylic acids is 1. The van der Waals surface area contributed by atoms with Gasteiger partial charge in [-0.15, -0.1) is 0 Å². The lowest BCUT2D eigenvalue weighted by Crippen LogP contribution is -2.38. The van der Waals surface area contributed by atoms with E-state index in [0.717, 1.165) is 51.4 Å². The average molecular weight is 538 g/mol. The molecule has 0 aromatic carbocycles. The van der Waals surface area contributed by atoms with Gasteiger partial charge in [-0.25, -0.2) is 0 Å². The second kappa shape index (κ2) is 28.6. The smallest absolute Gasteiger partial charge is 0.325 e. The van der Waals surface area contributed by atoms with Gasteiger partial charge in [0, 0.05) is 19.3 Å². The summed E-state index contributed by atoms with van der Waals surface area (Å²) in [6, 6.07) is -0.813. The summed E-state index contributed by atoms with van der Waals surface area (Å²) in [5, 5.41) is 11.3. The molecule has 0 aliphatic carbocycles. The van der Waals surface area contributed by atoms with Crippen LogP contribution < -0.4 is 5.32 Å². The zero-order valence-corrected chi connectivity index (χ0v) is 25.3. The Morgan fingerprint density at radius 3 is 1.11 bits per heavy atom. The largest absolute Gasteiger partial charge is 0.480 e. The highest BCUT2D eigenvalue weighted by Gasteiger charge is 2.13. The zero-order valence-electron chi connectivity index (χ0n) is 25.3. The molecule has 0 bridgehead atoms. The molecule has 0 rings (SSSR count). The van der Waals surface area contributed by atoms with E-state index >= 15 is 0 Å². The fraction of sp³-hybridized carbons (Fsp3) is 0.909. The van der Waals surface area contributed by atoms with Gasteiger partial charge < -0.3 is 10.4 Å². The number of nitrogens with one attached hydrogen (secondary N) is 1. The molecule has 0 spiro atoms. The number of carbonyl (C=O) groups excluding carboxylic acids is 2. The van der Waals surface area contributed by atoms with Crippen molar-refractivity contribution in [3.05, 3.63) is 0 Å². The van der Waals surface area contributed by atoms with E-state index in [0.29, 0.717) is 12.2 Å². The van der Waals surface area contributed by atoms with Gasteiger partial charge >= 0.3 is 5.97 Å². The van der Waals surface area contributed by atoms with Gasteiger partial charge in [0.1, 0.15) is 11.8 Å². The highest BCUT2D eigenvalue weighted by molar-refractivity contribution is 5.83. The van der Waals surface area contributed by atoms with Crippen molar-refractivity contribution >= 4 is 17.7 Å². The molecule has 0 saturated heterocycles. The molecule has 5 nitrogen and oxygen atoms in total. The Balaban J connectivity index is 3.25. The van der Waals surface area contributed by atoms with Crippen LogP contribution >= 0.6 is 0 Å². The second-order valence-electron chi connectivity index (χ2n) is 11.5. The molecule has 1 amide bonds. The van der Waals surface area contributed by atoms with Gasteiger partial charge in [-0.05, 0) is 26.2 Å². The number of Topliss-reactive ketones (excluding diaryl/α,β-unsaturated/α-hetero) is 1. The predicted octanol–water partition coefficient (Wildman–Crippen LogP) is 9.70. The van der Waals surface area contributed by atoms with Gasteiger partial charge in [0.2, 0.25) is 5.91 Å². The number of hydrogen-bond donors (Lipinski definition) is 2. The van der Waals surface area contributed by atoms with Crippen LogP contribution in [0.25, 0.3) is 0 Å². The van der Waals surface area contributed by atoms with E-state index in [2.05, 4.69) is 12.2 Å². The van der Waals surface area contributed by atoms with Crippen LogP contribution in [0.4, 0.5) is 0 Å². The second-order valence-corrected chi connectivity index (χ2v) is 11.5. The molecule has 2 N–H and O–H groups in total. The summed E-state index contributed by atoms with van der Waals surface area (Å²) in [6.07, 6.45) is 32.4. The number of carboxylic acid groups (broad SMARTS) is 1. The van der Waals surface area contributed by atoms with Crippen LogP contribution in [-0.2, 0) is 14.4 Å². The third-order valence-corrected chi connectivity index (χ3v) is 7.67. The van der Waals surface area contributed by atoms with Crippen LogP contribution in [0.1, 0.15) is 187 Å². The number of carboxylic acids is 1. The van der Waals surface area contributed by atoms with Gasteiger partial charge in [-0.3, -0.25) is 14.4 Å². The lowest BCUT2D eigenvalue weighted by Gasteiger charge is -2.08. The number of ketones is 1. The number of carbonyl (C=O) groups is 3. The van der Waals surface area contributed by atoms with Crippen molar-refractivity contribution in [2.75, 3.05) is 0 Å². The first kappa shape index (κ1) is 36.6. The average Bonchev–Trinajstić information content (AvgIpc) is 2.89. The summed E-state index contributed by atoms with van der Waals surface area (Å²) in [4.78, 5) is 34.4. The Kier molecular flexibility index (Phi) is 27.6. The molecule has 0 aliphatic rings. The number of unbranched alkanes of at least 4 members (excludes halogenated alkanes) is 22. The van der Waals surface area contributed by atoms with E-state index in [-0.39, 0.29) is 5.91 Å². The van der Waals surface area contributed by atoms with Gasteiger partial charge in [0.15, 0.2) is 0 Å². The Morgan fingerprint density at radius 2 is 0.789 bits per heavy atom. The lowest BCUT2D eigenvalue weighted by atomic mass is 10.0. The Labute approximate surface area is 235 Å². The molecule has 38 heavy (non-hydrogen) atoms. The predicted molar refractivity (Wildman–Crippen MR) is 161 cm³/mol. The monoisotopic (exact) mass is 537 g/mol. The standard InChI is InChI=1S/C33H63NO4/c1-3-4-5-6-7-8-9-10-11-12-13-15-18-21-24-27-31(35)28-25-22-19-16-14-17-20-23-26-29-32(36)34-30(2)33(37)38/h30H,3-29H2,1-2H3,(H,34,36)(H,37,38)/t30-/m0/s1. The molecule has 0 saturated carbocycles. The maximum atomic E-state index is 12.1. The SMILES string of the molecule is CCCCCCCCCCCCCCCCCC(=O)CCCCCCCCCCCC(=O)N[C@@H](C)C(=O)O. The molecule has 1 atom stereocenters. The first-order valence-corrected chi connectivity index (χ1v) is 16.5. The molecule has 0 unspecified atom stereocenters. The minimum absolute atomic E-state index is 0.172. The zero-order chi connectivity index (χ0) is 28.1. The van der Waals surface area contributed by atoms with Crippen molar-refractivity contribution < 1.29 is 19.5 Å². The van der Waals surface area contributed by atoms with E-state index in [1.165, 1.54) is 122 Å². The third-order valence-electron chi connectivity index (χ3n) is 7.67. The van der Waals surface area contributed by atoms with E-state index in [4.69, 9.17) is 5.11 Å². The van der Waals surface area contributed by atoms with Gasteiger partial charge in [-0.1, -0.05) is 142 Å². The van der Waals surface area contributed by atoms with E-state index in [1.807, 2.05) is 0 Å². The number of rotatable bonds is 30. The van der Waals surface area contributed by atoms with E-state index < -0.39 is 12.0 Å². The minimum atomic E-state index is -0.997. The fourth-order valence-corrected chi connectivity index (χ4v) is 5.04. The topological polar surface area (TPSA) is 83.5 Å². The number of amides is 1. The molecular weight excluding hydrogens is 474 g/mol. The summed E-state index contributed by atoms with van der Waals surface area (Å²) in [5.74, 6) is -0.710. The molecule has 0 aliphatic heterocycles. The fourth-order valence-electron chi connectivity index (χ4n) is 5.04. The summed E-state index contributed by atoms with van der Waals surface area (Å²) in [6.45, 7) is 3.76. The number of hydrogen-bond acceptors (Lipinski definition) is 3. The summed E-state index contributed by atoms with van der Waals surface area (Å²) >= 11 is 0. The minimum Gasteiger partial charge on any atom is -0.480 e. The van der Waals surface area contributed by atoms with Crippen molar-refractivity contribution in [3.8, 4) is 0 Å². The maximum absolute atomic E-state index is 12.1. The molecular formula is C33H63NO4. The van der Waals surface area contributed by atoms with Crippen LogP contribution in [0.5, 0.6) is 0 Å². The molecule has 0 fully saturated rings. The van der Waals surface area contributed by atoms with Gasteiger partial charge in [0.25, 0.3) is 0 Å². The first-order valence-electron chi connectivity index (χ1n) is 16.5. The summed E-state index contributed by atoms with van der Waals surface area (Å²) in [5.41, 5.74) is 0. The Hall–Kier alpha value is -1.39. The quantitative estimate of drug-likeness (QED) is 0.0893. The Bertz CT molecular complexity index is 563. The van der Waals surface area contributed by atoms with Crippen LogP contribution in [-0.4, -0.2) is 28.8 Å². The van der Waals surface area contributed by atoms with Crippen LogP contribution in [0, 0.1) is 0 Å². The van der Waals surface area contributed by atoms with Crippen LogP contribution in [0.15, 0.2) is 0 Å². The molecule has 0 aromatic rings. The van der Waals surface area contributed by atoms with E-state index in [9.17, 15) is 14.4 Å². The van der Waals surface area contributed by atoms with Crippen molar-refractivity contribution in [3.63, 3.8) is 0 Å². The summed E-state index contributed by atoms with van der Waals surface area (Å²) < 4.78 is 0. The first-order chi connectivity index (χ1) is 18.5. The maximum Gasteiger partial charge on any atom is 0.325 e. The summed E-state index contributed by atoms with van der Waals surface area (Å²) in [7, 11) is 0. The van der Waals surface area contributed by atoms with Gasteiger partial charge in [0.05, 0.1) is 0 Å². The molecule has 0 heterocycles. The van der Waals surface area contributed by atoms with Crippen molar-refractivity contribution in [2.45, 2.75) is 193 Å².